The van der Waals surface area contributed by atoms with E-state index in [1.165, 1.54) is 115 Å². The smallest absolute Gasteiger partial charge is 0.326 e. The number of rotatable bonds is 20. The molecule has 0 aliphatic carbocycles. The number of phenols is 2. The van der Waals surface area contributed by atoms with Crippen LogP contribution in [0.4, 0.5) is 0 Å². The van der Waals surface area contributed by atoms with Gasteiger partial charge in [0.15, 0.2) is 0 Å². The van der Waals surface area contributed by atoms with Gasteiger partial charge in [0.25, 0.3) is 0 Å². The summed E-state index contributed by atoms with van der Waals surface area (Å²) < 4.78 is 0. The van der Waals surface area contributed by atoms with Crippen LogP contribution in [0.2, 0.25) is 0 Å². The Hall–Kier alpha value is -5.14. The summed E-state index contributed by atoms with van der Waals surface area (Å²) in [6, 6.07) is 3.51. The van der Waals surface area contributed by atoms with E-state index in [1.807, 2.05) is 6.92 Å². The zero-order valence-electron chi connectivity index (χ0n) is 34.2. The number of aliphatic carboxylic acids is 1. The Bertz CT molecular complexity index is 1700. The Morgan fingerprint density at radius 3 is 1.95 bits per heavy atom. The molecule has 0 saturated carbocycles. The van der Waals surface area contributed by atoms with Gasteiger partial charge in [-0.05, 0) is 55.7 Å². The normalized spacial score (nSPS) is 17.9. The van der Waals surface area contributed by atoms with E-state index in [-0.39, 0.29) is 46.4 Å². The zero-order chi connectivity index (χ0) is 42.1. The van der Waals surface area contributed by atoms with Gasteiger partial charge in [-0.1, -0.05) is 103 Å². The van der Waals surface area contributed by atoms with Gasteiger partial charge >= 0.3 is 5.97 Å². The number of unbranched alkanes of at least 4 members (excludes halogenated alkanes) is 11. The van der Waals surface area contributed by atoms with Gasteiger partial charge in [-0.3, -0.25) is 24.0 Å². The first kappa shape index (κ1) is 46.2. The highest BCUT2D eigenvalue weighted by Gasteiger charge is 2.33. The van der Waals surface area contributed by atoms with Crippen LogP contribution in [-0.4, -0.2) is 87.4 Å². The highest BCUT2D eigenvalue weighted by Crippen LogP contribution is 2.38. The van der Waals surface area contributed by atoms with E-state index in [0.717, 1.165) is 24.2 Å². The molecule has 1 heterocycles. The number of phenolic OH excluding ortho intramolecular Hbond substituents is 2. The summed E-state index contributed by atoms with van der Waals surface area (Å²) in [5.74, 6) is -5.23. The number of carboxylic acid groups (broad SMARTS) is 1. The topological polar surface area (TPSA) is 214 Å². The minimum absolute atomic E-state index is 0.109. The first-order chi connectivity index (χ1) is 27.1. The predicted molar refractivity (Wildman–Crippen MR) is 217 cm³/mol. The summed E-state index contributed by atoms with van der Waals surface area (Å²) in [4.78, 5) is 79.4. The molecule has 5 amide bonds. The first-order valence-electron chi connectivity index (χ1n) is 20.5. The molecule has 14 nitrogen and oxygen atoms in total. The highest BCUT2D eigenvalue weighted by atomic mass is 16.4. The van der Waals surface area contributed by atoms with E-state index >= 15 is 0 Å². The number of fused-ring (bicyclic) bond motifs is 5. The van der Waals surface area contributed by atoms with Crippen molar-refractivity contribution in [2.75, 3.05) is 13.6 Å². The Kier molecular flexibility index (Phi) is 18.8. The van der Waals surface area contributed by atoms with Crippen molar-refractivity contribution in [1.29, 1.82) is 0 Å². The average molecular weight is 794 g/mol. The maximum absolute atomic E-state index is 13.8. The molecule has 7 N–H and O–H groups in total. The van der Waals surface area contributed by atoms with Crippen LogP contribution >= 0.6 is 0 Å². The van der Waals surface area contributed by atoms with Crippen molar-refractivity contribution in [1.82, 2.24) is 26.2 Å². The fourth-order valence-corrected chi connectivity index (χ4v) is 6.93. The fourth-order valence-electron chi connectivity index (χ4n) is 6.93. The molecular formula is C43H63N5O9. The summed E-state index contributed by atoms with van der Waals surface area (Å²) in [6.07, 6.45) is 15.3. The Balaban J connectivity index is 1.61. The van der Waals surface area contributed by atoms with Gasteiger partial charge in [-0.25, -0.2) is 4.79 Å². The van der Waals surface area contributed by atoms with Crippen molar-refractivity contribution in [3.63, 3.8) is 0 Å². The van der Waals surface area contributed by atoms with Crippen molar-refractivity contribution in [2.24, 2.45) is 5.92 Å². The third-order valence-corrected chi connectivity index (χ3v) is 10.6. The molecule has 0 aromatic heterocycles. The summed E-state index contributed by atoms with van der Waals surface area (Å²) in [6.45, 7) is 6.42. The molecule has 1 unspecified atom stereocenters. The van der Waals surface area contributed by atoms with E-state index in [1.54, 1.807) is 0 Å². The summed E-state index contributed by atoms with van der Waals surface area (Å²) >= 11 is 0. The van der Waals surface area contributed by atoms with Crippen molar-refractivity contribution >= 4 is 35.5 Å². The number of amides is 5. The predicted octanol–water partition coefficient (Wildman–Crippen LogP) is 5.24. The quantitative estimate of drug-likeness (QED) is 0.0872. The van der Waals surface area contributed by atoms with E-state index in [2.05, 4.69) is 28.2 Å². The summed E-state index contributed by atoms with van der Waals surface area (Å²) in [5, 5.41) is 41.6. The number of benzene rings is 2. The minimum Gasteiger partial charge on any atom is -0.507 e. The lowest BCUT2D eigenvalue weighted by molar-refractivity contribution is -0.143. The Morgan fingerprint density at radius 1 is 0.789 bits per heavy atom. The van der Waals surface area contributed by atoms with Crippen LogP contribution < -0.4 is 21.3 Å². The third-order valence-electron chi connectivity index (χ3n) is 10.6. The van der Waals surface area contributed by atoms with Crippen molar-refractivity contribution < 1.29 is 44.1 Å². The van der Waals surface area contributed by atoms with Crippen LogP contribution in [0, 0.1) is 5.92 Å². The monoisotopic (exact) mass is 793 g/mol. The van der Waals surface area contributed by atoms with Gasteiger partial charge in [-0.2, -0.15) is 0 Å². The maximum atomic E-state index is 13.8. The number of likely N-dealkylation sites (N-methyl/N-ethyl adjacent to an activating group) is 1. The molecule has 0 radical (unpaired) electrons. The second kappa shape index (κ2) is 23.2. The number of carbonyl (C=O) groups excluding carboxylic acids is 5. The lowest BCUT2D eigenvalue weighted by atomic mass is 9.94. The second-order valence-electron chi connectivity index (χ2n) is 15.4. The fraction of sp³-hybridized carbons (Fsp3) is 0.581. The summed E-state index contributed by atoms with van der Waals surface area (Å²) in [7, 11) is 1.33. The number of aromatic hydroxyl groups is 2. The maximum Gasteiger partial charge on any atom is 0.326 e. The van der Waals surface area contributed by atoms with Crippen LogP contribution in [0.5, 0.6) is 11.5 Å². The number of nitrogens with one attached hydrogen (secondary N) is 4. The minimum atomic E-state index is -1.40. The largest absolute Gasteiger partial charge is 0.507 e. The molecule has 0 spiro atoms. The van der Waals surface area contributed by atoms with Gasteiger partial charge in [-0.15, -0.1) is 0 Å². The third kappa shape index (κ3) is 14.4. The van der Waals surface area contributed by atoms with Crippen LogP contribution in [-0.2, 0) is 35.2 Å². The van der Waals surface area contributed by atoms with E-state index in [4.69, 9.17) is 0 Å². The van der Waals surface area contributed by atoms with Gasteiger partial charge < -0.3 is 41.5 Å². The van der Waals surface area contributed by atoms with E-state index in [0.29, 0.717) is 12.0 Å². The van der Waals surface area contributed by atoms with E-state index in [9.17, 15) is 44.1 Å². The van der Waals surface area contributed by atoms with Crippen LogP contribution in [0.15, 0.2) is 36.4 Å². The average Bonchev–Trinajstić information content (AvgIpc) is 3.17. The lowest BCUT2D eigenvalue weighted by Gasteiger charge is -2.30. The van der Waals surface area contributed by atoms with Crippen LogP contribution in [0.25, 0.3) is 11.1 Å². The molecule has 57 heavy (non-hydrogen) atoms. The van der Waals surface area contributed by atoms with Crippen molar-refractivity contribution in [3.8, 4) is 22.6 Å². The molecular weight excluding hydrogens is 730 g/mol. The number of hydrogen-bond donors (Lipinski definition) is 7. The molecule has 5 atom stereocenters. The van der Waals surface area contributed by atoms with Gasteiger partial charge in [0.1, 0.15) is 35.7 Å². The first-order valence-corrected chi connectivity index (χ1v) is 20.5. The molecule has 314 valence electrons. The van der Waals surface area contributed by atoms with Crippen molar-refractivity contribution in [2.45, 2.75) is 142 Å². The molecule has 0 saturated heterocycles. The second-order valence-corrected chi connectivity index (χ2v) is 15.4. The molecule has 3 rings (SSSR count). The molecule has 14 heteroatoms. The number of hydrogen-bond acceptors (Lipinski definition) is 8. The molecule has 1 aliphatic rings. The van der Waals surface area contributed by atoms with Crippen molar-refractivity contribution in [3.05, 3.63) is 47.5 Å². The number of carboxylic acids is 1. The number of nitrogens with zero attached hydrogens (tertiary/aromatic N) is 1. The highest BCUT2D eigenvalue weighted by molar-refractivity contribution is 5.95. The number of carbonyl (C=O) groups is 6. The SMILES string of the molecule is CCCCCCCCCCCCCCC(C)C(=O)N[C@@H](C)C(=O)NCC(=O)N(C)[C@@H]1C(=O)N[C@@H](C)C(=O)N[C@H](C(=O)O)Cc2ccc(O)c(c2)-c2cc1ccc2O. The lowest BCUT2D eigenvalue weighted by Crippen LogP contribution is -2.54. The molecule has 4 bridgehead atoms. The van der Waals surface area contributed by atoms with Crippen LogP contribution in [0.1, 0.15) is 128 Å². The van der Waals surface area contributed by atoms with Gasteiger partial charge in [0, 0.05) is 30.5 Å². The summed E-state index contributed by atoms with van der Waals surface area (Å²) in [5.41, 5.74) is 0.890. The molecule has 2 aromatic rings. The van der Waals surface area contributed by atoms with E-state index < -0.39 is 60.3 Å². The molecule has 0 fully saturated rings. The Labute approximate surface area is 336 Å². The zero-order valence-corrected chi connectivity index (χ0v) is 34.2. The molecule has 2 aromatic carbocycles. The molecule has 1 aliphatic heterocycles. The standard InChI is InChI=1S/C43H63N5O9/c1-6-7-8-9-10-11-12-13-14-15-16-17-18-27(2)39(52)45-28(3)40(53)44-26-37(51)48(5)38-31-20-22-36(50)33(25-31)32-23-30(19-21-35(32)49)24-34(43(56)57)47-41(54)29(4)46-42(38)55/h19-23,25,27-29,34,38,49-50H,6-18,24,26H2,1-5H3,(H,44,53)(H,45,52)(H,46,55)(H,47,54)(H,56,57)/t27?,28-,29-,34-,38-/m0/s1. The van der Waals surface area contributed by atoms with Crippen LogP contribution in [0.3, 0.4) is 0 Å². The van der Waals surface area contributed by atoms with Gasteiger partial charge in [0.2, 0.25) is 29.5 Å². The Morgan fingerprint density at radius 2 is 1.35 bits per heavy atom. The van der Waals surface area contributed by atoms with Gasteiger partial charge in [0.05, 0.1) is 6.54 Å².